The van der Waals surface area contributed by atoms with Gasteiger partial charge in [0.15, 0.2) is 0 Å². The SMILES string of the molecule is CC(O)CC(CN)c1ccc(Br)cn1. The van der Waals surface area contributed by atoms with E-state index >= 15 is 0 Å². The average molecular weight is 259 g/mol. The number of hydrogen-bond donors (Lipinski definition) is 2. The molecule has 78 valence electrons. The highest BCUT2D eigenvalue weighted by Crippen LogP contribution is 2.19. The molecule has 14 heavy (non-hydrogen) atoms. The Morgan fingerprint density at radius 1 is 1.57 bits per heavy atom. The zero-order valence-corrected chi connectivity index (χ0v) is 9.74. The fourth-order valence-electron chi connectivity index (χ4n) is 1.38. The summed E-state index contributed by atoms with van der Waals surface area (Å²) in [6.07, 6.45) is 2.07. The monoisotopic (exact) mass is 258 g/mol. The summed E-state index contributed by atoms with van der Waals surface area (Å²) < 4.78 is 0.953. The molecule has 0 saturated heterocycles. The van der Waals surface area contributed by atoms with Crippen LogP contribution in [0.2, 0.25) is 0 Å². The van der Waals surface area contributed by atoms with E-state index in [0.717, 1.165) is 10.2 Å². The van der Waals surface area contributed by atoms with Gasteiger partial charge in [0.05, 0.1) is 6.10 Å². The topological polar surface area (TPSA) is 59.1 Å². The standard InChI is InChI=1S/C10H15BrN2O/c1-7(14)4-8(5-12)10-3-2-9(11)6-13-10/h2-3,6-8,14H,4-5,12H2,1H3. The van der Waals surface area contributed by atoms with Gasteiger partial charge in [-0.1, -0.05) is 0 Å². The second kappa shape index (κ2) is 5.44. The Balaban J connectivity index is 2.73. The van der Waals surface area contributed by atoms with Crippen LogP contribution in [-0.4, -0.2) is 22.7 Å². The Hall–Kier alpha value is -0.450. The molecule has 3 N–H and O–H groups in total. The lowest BCUT2D eigenvalue weighted by molar-refractivity contribution is 0.174. The van der Waals surface area contributed by atoms with Crippen LogP contribution >= 0.6 is 15.9 Å². The summed E-state index contributed by atoms with van der Waals surface area (Å²) in [6, 6.07) is 3.87. The molecule has 0 aliphatic rings. The third-order valence-corrected chi connectivity index (χ3v) is 2.55. The highest BCUT2D eigenvalue weighted by molar-refractivity contribution is 9.10. The minimum absolute atomic E-state index is 0.142. The molecule has 1 aromatic heterocycles. The largest absolute Gasteiger partial charge is 0.393 e. The molecule has 4 heteroatoms. The van der Waals surface area contributed by atoms with Gasteiger partial charge in [-0.05, 0) is 41.4 Å². The number of nitrogens with two attached hydrogens (primary N) is 1. The van der Waals surface area contributed by atoms with Gasteiger partial charge in [-0.15, -0.1) is 0 Å². The van der Waals surface area contributed by atoms with Crippen LogP contribution in [0.5, 0.6) is 0 Å². The van der Waals surface area contributed by atoms with Crippen molar-refractivity contribution in [1.82, 2.24) is 4.98 Å². The summed E-state index contributed by atoms with van der Waals surface area (Å²) in [6.45, 7) is 2.28. The maximum Gasteiger partial charge on any atom is 0.0519 e. The third kappa shape index (κ3) is 3.36. The normalized spacial score (nSPS) is 15.1. The number of nitrogens with zero attached hydrogens (tertiary/aromatic N) is 1. The third-order valence-electron chi connectivity index (χ3n) is 2.08. The van der Waals surface area contributed by atoms with E-state index in [-0.39, 0.29) is 12.0 Å². The van der Waals surface area contributed by atoms with Gasteiger partial charge in [-0.2, -0.15) is 0 Å². The van der Waals surface area contributed by atoms with Crippen LogP contribution in [0.25, 0.3) is 0 Å². The predicted octanol–water partition coefficient (Wildman–Crippen LogP) is 1.66. The lowest BCUT2D eigenvalue weighted by atomic mass is 9.98. The molecule has 0 spiro atoms. The Morgan fingerprint density at radius 2 is 2.29 bits per heavy atom. The summed E-state index contributed by atoms with van der Waals surface area (Å²) >= 11 is 3.32. The van der Waals surface area contributed by atoms with E-state index in [9.17, 15) is 5.11 Å². The van der Waals surface area contributed by atoms with Crippen molar-refractivity contribution >= 4 is 15.9 Å². The van der Waals surface area contributed by atoms with Crippen LogP contribution in [0.15, 0.2) is 22.8 Å². The average Bonchev–Trinajstić information content (AvgIpc) is 2.15. The number of hydrogen-bond acceptors (Lipinski definition) is 3. The van der Waals surface area contributed by atoms with Crippen LogP contribution in [0.3, 0.4) is 0 Å². The van der Waals surface area contributed by atoms with Gasteiger partial charge in [0.2, 0.25) is 0 Å². The predicted molar refractivity (Wildman–Crippen MR) is 60.0 cm³/mol. The zero-order chi connectivity index (χ0) is 10.6. The van der Waals surface area contributed by atoms with Gasteiger partial charge in [-0.25, -0.2) is 0 Å². The molecule has 0 aromatic carbocycles. The zero-order valence-electron chi connectivity index (χ0n) is 8.15. The summed E-state index contributed by atoms with van der Waals surface area (Å²) in [5.74, 6) is 0.142. The smallest absolute Gasteiger partial charge is 0.0519 e. The van der Waals surface area contributed by atoms with Crippen molar-refractivity contribution in [2.45, 2.75) is 25.4 Å². The minimum atomic E-state index is -0.339. The second-order valence-electron chi connectivity index (χ2n) is 3.42. The maximum absolute atomic E-state index is 9.28. The van der Waals surface area contributed by atoms with E-state index in [4.69, 9.17) is 5.73 Å². The van der Waals surface area contributed by atoms with Crippen LogP contribution < -0.4 is 5.73 Å². The fourth-order valence-corrected chi connectivity index (χ4v) is 1.61. The van der Waals surface area contributed by atoms with Gasteiger partial charge in [0.1, 0.15) is 0 Å². The number of aromatic nitrogens is 1. The lowest BCUT2D eigenvalue weighted by Crippen LogP contribution is -2.18. The molecule has 2 atom stereocenters. The molecule has 0 aliphatic carbocycles. The highest BCUT2D eigenvalue weighted by atomic mass is 79.9. The van der Waals surface area contributed by atoms with Gasteiger partial charge >= 0.3 is 0 Å². The quantitative estimate of drug-likeness (QED) is 0.864. The van der Waals surface area contributed by atoms with E-state index in [1.54, 1.807) is 13.1 Å². The van der Waals surface area contributed by atoms with Crippen molar-refractivity contribution in [2.24, 2.45) is 5.73 Å². The van der Waals surface area contributed by atoms with E-state index in [0.29, 0.717) is 13.0 Å². The Morgan fingerprint density at radius 3 is 2.71 bits per heavy atom. The van der Waals surface area contributed by atoms with Crippen molar-refractivity contribution in [2.75, 3.05) is 6.54 Å². The minimum Gasteiger partial charge on any atom is -0.393 e. The van der Waals surface area contributed by atoms with Gasteiger partial charge in [-0.3, -0.25) is 4.98 Å². The molecule has 0 bridgehead atoms. The van der Waals surface area contributed by atoms with Gasteiger partial charge in [0, 0.05) is 28.8 Å². The lowest BCUT2D eigenvalue weighted by Gasteiger charge is -2.15. The molecule has 0 radical (unpaired) electrons. The summed E-state index contributed by atoms with van der Waals surface area (Å²) in [7, 11) is 0. The first-order valence-corrected chi connectivity index (χ1v) is 5.42. The van der Waals surface area contributed by atoms with Crippen LogP contribution in [-0.2, 0) is 0 Å². The van der Waals surface area contributed by atoms with Gasteiger partial charge in [0.25, 0.3) is 0 Å². The van der Waals surface area contributed by atoms with Crippen molar-refractivity contribution in [1.29, 1.82) is 0 Å². The summed E-state index contributed by atoms with van der Waals surface area (Å²) in [5.41, 5.74) is 6.57. The van der Waals surface area contributed by atoms with Crippen molar-refractivity contribution in [3.63, 3.8) is 0 Å². The molecular formula is C10H15BrN2O. The van der Waals surface area contributed by atoms with E-state index < -0.39 is 0 Å². The highest BCUT2D eigenvalue weighted by Gasteiger charge is 2.13. The Labute approximate surface area is 92.5 Å². The molecule has 3 nitrogen and oxygen atoms in total. The number of rotatable bonds is 4. The van der Waals surface area contributed by atoms with Crippen LogP contribution in [0.1, 0.15) is 25.0 Å². The van der Waals surface area contributed by atoms with E-state index in [1.165, 1.54) is 0 Å². The molecule has 0 aliphatic heterocycles. The van der Waals surface area contributed by atoms with Gasteiger partial charge < -0.3 is 10.8 Å². The number of pyridine rings is 1. The molecule has 2 unspecified atom stereocenters. The molecule has 1 aromatic rings. The maximum atomic E-state index is 9.28. The van der Waals surface area contributed by atoms with Crippen LogP contribution in [0.4, 0.5) is 0 Å². The van der Waals surface area contributed by atoms with E-state index in [2.05, 4.69) is 20.9 Å². The van der Waals surface area contributed by atoms with E-state index in [1.807, 2.05) is 12.1 Å². The molecule has 0 amide bonds. The molecule has 0 fully saturated rings. The molecular weight excluding hydrogens is 244 g/mol. The summed E-state index contributed by atoms with van der Waals surface area (Å²) in [4.78, 5) is 4.26. The number of halogens is 1. The first kappa shape index (κ1) is 11.6. The second-order valence-corrected chi connectivity index (χ2v) is 4.33. The summed E-state index contributed by atoms with van der Waals surface area (Å²) in [5, 5.41) is 9.28. The van der Waals surface area contributed by atoms with Crippen LogP contribution in [0, 0.1) is 0 Å². The molecule has 1 heterocycles. The first-order chi connectivity index (χ1) is 6.63. The van der Waals surface area contributed by atoms with Crippen molar-refractivity contribution in [3.8, 4) is 0 Å². The molecule has 0 saturated carbocycles. The van der Waals surface area contributed by atoms with Crippen molar-refractivity contribution in [3.05, 3.63) is 28.5 Å². The first-order valence-electron chi connectivity index (χ1n) is 4.63. The Bertz CT molecular complexity index is 274. The Kier molecular flexibility index (Phi) is 4.51. The number of aliphatic hydroxyl groups excluding tert-OH is 1. The van der Waals surface area contributed by atoms with Crippen molar-refractivity contribution < 1.29 is 5.11 Å². The molecule has 1 rings (SSSR count). The fraction of sp³-hybridized carbons (Fsp3) is 0.500. The number of aliphatic hydroxyl groups is 1.